The maximum Gasteiger partial charge on any atom is 0.232 e. The Labute approximate surface area is 140 Å². The normalized spacial score (nSPS) is 17.4. The van der Waals surface area contributed by atoms with Crippen molar-refractivity contribution in [1.29, 1.82) is 0 Å². The quantitative estimate of drug-likeness (QED) is 0.841. The molecule has 1 fully saturated rings. The molecule has 0 unspecified atom stereocenters. The Morgan fingerprint density at radius 3 is 2.77 bits per heavy atom. The molecule has 0 radical (unpaired) electrons. The van der Waals surface area contributed by atoms with Crippen LogP contribution in [0.25, 0.3) is 0 Å². The van der Waals surface area contributed by atoms with Gasteiger partial charge in [-0.05, 0) is 37.0 Å². The molecule has 2 aliphatic heterocycles. The van der Waals surface area contributed by atoms with E-state index in [1.165, 1.54) is 6.42 Å². The molecule has 1 aromatic rings. The number of fused-ring (bicyclic) bond motifs is 1. The predicted octanol–water partition coefficient (Wildman–Crippen LogP) is 3.36. The van der Waals surface area contributed by atoms with Gasteiger partial charge in [0.05, 0.1) is 10.8 Å². The molecule has 2 aliphatic rings. The minimum atomic E-state index is 0.244. The molecule has 0 saturated carbocycles. The largest absolute Gasteiger partial charge is 0.486 e. The molecule has 1 saturated heterocycles. The van der Waals surface area contributed by atoms with Crippen molar-refractivity contribution in [2.45, 2.75) is 25.0 Å². The molecule has 0 aromatic heterocycles. The standard InChI is InChI=1S/C16H20ClNO3S/c17-13-8-12(9-14-16(13)21-7-6-20-14)10-22-11-15(19)18-4-2-1-3-5-18/h8-9H,1-7,10-11H2. The van der Waals surface area contributed by atoms with Crippen molar-refractivity contribution in [1.82, 2.24) is 4.90 Å². The van der Waals surface area contributed by atoms with Gasteiger partial charge in [-0.3, -0.25) is 4.79 Å². The van der Waals surface area contributed by atoms with Gasteiger partial charge in [-0.25, -0.2) is 0 Å². The van der Waals surface area contributed by atoms with Crippen LogP contribution in [-0.2, 0) is 10.5 Å². The average Bonchev–Trinajstić information content (AvgIpc) is 2.56. The number of hydrogen-bond donors (Lipinski definition) is 0. The van der Waals surface area contributed by atoms with Crippen molar-refractivity contribution in [2.75, 3.05) is 32.1 Å². The highest BCUT2D eigenvalue weighted by atomic mass is 35.5. The monoisotopic (exact) mass is 341 g/mol. The molecule has 0 spiro atoms. The van der Waals surface area contributed by atoms with Gasteiger partial charge < -0.3 is 14.4 Å². The lowest BCUT2D eigenvalue weighted by Gasteiger charge is -2.26. The maximum atomic E-state index is 12.1. The fourth-order valence-corrected chi connectivity index (χ4v) is 3.89. The summed E-state index contributed by atoms with van der Waals surface area (Å²) in [6, 6.07) is 3.85. The first-order valence-electron chi connectivity index (χ1n) is 7.67. The molecule has 4 nitrogen and oxygen atoms in total. The molecule has 0 atom stereocenters. The zero-order valence-corrected chi connectivity index (χ0v) is 14.0. The van der Waals surface area contributed by atoms with Crippen molar-refractivity contribution in [3.8, 4) is 11.5 Å². The SMILES string of the molecule is O=C(CSCc1cc(Cl)c2c(c1)OCCO2)N1CCCCC1. The van der Waals surface area contributed by atoms with Gasteiger partial charge in [0.25, 0.3) is 0 Å². The number of ether oxygens (including phenoxy) is 2. The first kappa shape index (κ1) is 15.8. The number of likely N-dealkylation sites (tertiary alicyclic amines) is 1. The van der Waals surface area contributed by atoms with Crippen LogP contribution in [0, 0.1) is 0 Å². The summed E-state index contributed by atoms with van der Waals surface area (Å²) in [5.74, 6) is 2.85. The number of hydrogen-bond acceptors (Lipinski definition) is 4. The zero-order chi connectivity index (χ0) is 15.4. The van der Waals surface area contributed by atoms with E-state index >= 15 is 0 Å². The summed E-state index contributed by atoms with van der Waals surface area (Å²) in [7, 11) is 0. The van der Waals surface area contributed by atoms with Crippen LogP contribution in [-0.4, -0.2) is 42.9 Å². The second kappa shape index (κ2) is 7.47. The third kappa shape index (κ3) is 3.82. The Morgan fingerprint density at radius 1 is 1.18 bits per heavy atom. The fraction of sp³-hybridized carbons (Fsp3) is 0.562. The Morgan fingerprint density at radius 2 is 1.95 bits per heavy atom. The van der Waals surface area contributed by atoms with Crippen LogP contribution in [0.5, 0.6) is 11.5 Å². The van der Waals surface area contributed by atoms with E-state index in [1.54, 1.807) is 11.8 Å². The third-order valence-electron chi connectivity index (χ3n) is 3.86. The van der Waals surface area contributed by atoms with E-state index in [4.69, 9.17) is 21.1 Å². The van der Waals surface area contributed by atoms with E-state index in [0.29, 0.717) is 35.5 Å². The maximum absolute atomic E-state index is 12.1. The first-order chi connectivity index (χ1) is 10.7. The summed E-state index contributed by atoms with van der Waals surface area (Å²) in [5.41, 5.74) is 1.06. The highest BCUT2D eigenvalue weighted by Gasteiger charge is 2.18. The number of thioether (sulfide) groups is 1. The van der Waals surface area contributed by atoms with E-state index in [-0.39, 0.29) is 5.91 Å². The Hall–Kier alpha value is -1.07. The van der Waals surface area contributed by atoms with Crippen LogP contribution in [0.1, 0.15) is 24.8 Å². The van der Waals surface area contributed by atoms with E-state index in [2.05, 4.69) is 0 Å². The van der Waals surface area contributed by atoms with Gasteiger partial charge in [0.1, 0.15) is 13.2 Å². The van der Waals surface area contributed by atoms with Gasteiger partial charge in [0.15, 0.2) is 11.5 Å². The summed E-state index contributed by atoms with van der Waals surface area (Å²) < 4.78 is 11.1. The third-order valence-corrected chi connectivity index (χ3v) is 5.13. The van der Waals surface area contributed by atoms with Crippen LogP contribution in [0.2, 0.25) is 5.02 Å². The van der Waals surface area contributed by atoms with Crippen LogP contribution in [0.4, 0.5) is 0 Å². The summed E-state index contributed by atoms with van der Waals surface area (Å²) >= 11 is 7.84. The number of amides is 1. The molecule has 0 N–H and O–H groups in total. The second-order valence-corrected chi connectivity index (χ2v) is 6.93. The summed E-state index contributed by atoms with van der Waals surface area (Å²) in [4.78, 5) is 14.1. The van der Waals surface area contributed by atoms with Gasteiger partial charge in [-0.15, -0.1) is 11.8 Å². The molecule has 1 aromatic carbocycles. The summed E-state index contributed by atoms with van der Waals surface area (Å²) in [6.45, 7) is 2.91. The fourth-order valence-electron chi connectivity index (χ4n) is 2.74. The topological polar surface area (TPSA) is 38.8 Å². The van der Waals surface area contributed by atoms with Crippen molar-refractivity contribution in [3.05, 3.63) is 22.7 Å². The molecular weight excluding hydrogens is 322 g/mol. The molecule has 3 rings (SSSR count). The van der Waals surface area contributed by atoms with E-state index < -0.39 is 0 Å². The lowest BCUT2D eigenvalue weighted by molar-refractivity contribution is -0.129. The zero-order valence-electron chi connectivity index (χ0n) is 12.5. The van der Waals surface area contributed by atoms with Gasteiger partial charge in [-0.2, -0.15) is 0 Å². The van der Waals surface area contributed by atoms with E-state index in [0.717, 1.165) is 37.2 Å². The van der Waals surface area contributed by atoms with Gasteiger partial charge in [-0.1, -0.05) is 11.6 Å². The van der Waals surface area contributed by atoms with E-state index in [9.17, 15) is 4.79 Å². The number of benzene rings is 1. The lowest BCUT2D eigenvalue weighted by atomic mass is 10.1. The van der Waals surface area contributed by atoms with Crippen molar-refractivity contribution < 1.29 is 14.3 Å². The minimum Gasteiger partial charge on any atom is -0.486 e. The average molecular weight is 342 g/mol. The molecule has 2 heterocycles. The van der Waals surface area contributed by atoms with Crippen LogP contribution < -0.4 is 9.47 Å². The molecule has 0 aliphatic carbocycles. The molecule has 6 heteroatoms. The Balaban J connectivity index is 1.53. The predicted molar refractivity (Wildman–Crippen MR) is 89.0 cm³/mol. The number of piperidine rings is 1. The number of carbonyl (C=O) groups is 1. The molecular formula is C16H20ClNO3S. The second-order valence-electron chi connectivity index (χ2n) is 5.54. The van der Waals surface area contributed by atoms with Crippen LogP contribution in [0.3, 0.4) is 0 Å². The summed E-state index contributed by atoms with van der Waals surface area (Å²) in [5, 5.41) is 0.579. The minimum absolute atomic E-state index is 0.244. The van der Waals surface area contributed by atoms with Crippen molar-refractivity contribution >= 4 is 29.3 Å². The van der Waals surface area contributed by atoms with E-state index in [1.807, 2.05) is 17.0 Å². The van der Waals surface area contributed by atoms with Gasteiger partial charge in [0.2, 0.25) is 5.91 Å². The number of halogens is 1. The van der Waals surface area contributed by atoms with Crippen molar-refractivity contribution in [3.63, 3.8) is 0 Å². The first-order valence-corrected chi connectivity index (χ1v) is 9.21. The summed E-state index contributed by atoms with van der Waals surface area (Å²) in [6.07, 6.45) is 3.51. The molecule has 120 valence electrons. The van der Waals surface area contributed by atoms with Crippen molar-refractivity contribution in [2.24, 2.45) is 0 Å². The number of nitrogens with zero attached hydrogens (tertiary/aromatic N) is 1. The van der Waals surface area contributed by atoms with Crippen LogP contribution >= 0.6 is 23.4 Å². The van der Waals surface area contributed by atoms with Gasteiger partial charge in [0, 0.05) is 18.8 Å². The smallest absolute Gasteiger partial charge is 0.232 e. The molecule has 22 heavy (non-hydrogen) atoms. The lowest BCUT2D eigenvalue weighted by Crippen LogP contribution is -2.36. The Bertz CT molecular complexity index is 546. The highest BCUT2D eigenvalue weighted by Crippen LogP contribution is 2.39. The number of carbonyl (C=O) groups excluding carboxylic acids is 1. The highest BCUT2D eigenvalue weighted by molar-refractivity contribution is 7.99. The number of rotatable bonds is 4. The Kier molecular flexibility index (Phi) is 5.37. The molecule has 1 amide bonds. The van der Waals surface area contributed by atoms with Crippen LogP contribution in [0.15, 0.2) is 12.1 Å². The van der Waals surface area contributed by atoms with Gasteiger partial charge >= 0.3 is 0 Å². The molecule has 0 bridgehead atoms.